The van der Waals surface area contributed by atoms with E-state index in [0.717, 1.165) is 24.1 Å². The second-order valence-electron chi connectivity index (χ2n) is 5.82. The molecule has 0 spiro atoms. The molecule has 0 bridgehead atoms. The number of halogens is 1. The Labute approximate surface area is 145 Å². The van der Waals surface area contributed by atoms with E-state index in [0.29, 0.717) is 17.9 Å². The number of thiophene rings is 1. The highest BCUT2D eigenvalue weighted by atomic mass is 32.1. The van der Waals surface area contributed by atoms with Crippen molar-refractivity contribution in [3.05, 3.63) is 52.0 Å². The zero-order valence-electron chi connectivity index (χ0n) is 13.5. The van der Waals surface area contributed by atoms with Crippen molar-refractivity contribution in [1.29, 1.82) is 0 Å². The summed E-state index contributed by atoms with van der Waals surface area (Å²) in [4.78, 5) is 13.6. The Balaban J connectivity index is 1.71. The van der Waals surface area contributed by atoms with Crippen LogP contribution < -0.4 is 15.4 Å². The standard InChI is InChI=1S/C18H21FN2O2S/c1-2-14(17-6-4-10-24-17)20-18(22)21-15-5-3-9-23-16-8-7-12(19)11-13(15)16/h4,6-8,10-11,14-15H,2-3,5,9H2,1H3,(H2,20,21,22)/t14-,15-/m1/s1. The summed E-state index contributed by atoms with van der Waals surface area (Å²) in [5.74, 6) is 0.320. The minimum atomic E-state index is -0.323. The second-order valence-corrected chi connectivity index (χ2v) is 6.80. The Morgan fingerprint density at radius 2 is 2.33 bits per heavy atom. The van der Waals surface area contributed by atoms with E-state index in [4.69, 9.17) is 4.74 Å². The van der Waals surface area contributed by atoms with Gasteiger partial charge in [-0.2, -0.15) is 0 Å². The van der Waals surface area contributed by atoms with Gasteiger partial charge in [-0.05, 0) is 48.9 Å². The molecule has 2 N–H and O–H groups in total. The first kappa shape index (κ1) is 16.8. The molecule has 1 aliphatic rings. The first-order valence-corrected chi connectivity index (χ1v) is 9.08. The number of hydrogen-bond donors (Lipinski definition) is 2. The van der Waals surface area contributed by atoms with Crippen LogP contribution in [0.5, 0.6) is 5.75 Å². The molecular weight excluding hydrogens is 327 g/mol. The first-order chi connectivity index (χ1) is 11.7. The number of amides is 2. The molecule has 1 aromatic heterocycles. The minimum absolute atomic E-state index is 0.0148. The highest BCUT2D eigenvalue weighted by Gasteiger charge is 2.23. The van der Waals surface area contributed by atoms with Gasteiger partial charge < -0.3 is 15.4 Å². The average molecular weight is 348 g/mol. The molecule has 2 heterocycles. The molecular formula is C18H21FN2O2S. The molecule has 0 saturated carbocycles. The zero-order valence-corrected chi connectivity index (χ0v) is 14.4. The van der Waals surface area contributed by atoms with Crippen LogP contribution in [0.15, 0.2) is 35.7 Å². The number of carbonyl (C=O) groups is 1. The Morgan fingerprint density at radius 3 is 3.08 bits per heavy atom. The van der Waals surface area contributed by atoms with Crippen LogP contribution >= 0.6 is 11.3 Å². The van der Waals surface area contributed by atoms with Crippen LogP contribution in [-0.4, -0.2) is 12.6 Å². The van der Waals surface area contributed by atoms with Crippen molar-refractivity contribution in [3.8, 4) is 5.75 Å². The number of urea groups is 1. The lowest BCUT2D eigenvalue weighted by molar-refractivity contribution is 0.232. The quantitative estimate of drug-likeness (QED) is 0.851. The topological polar surface area (TPSA) is 50.4 Å². The van der Waals surface area contributed by atoms with Gasteiger partial charge in [0.2, 0.25) is 0 Å². The van der Waals surface area contributed by atoms with Gasteiger partial charge in [0.25, 0.3) is 0 Å². The third kappa shape index (κ3) is 3.87. The number of hydrogen-bond acceptors (Lipinski definition) is 3. The predicted molar refractivity (Wildman–Crippen MR) is 92.9 cm³/mol. The molecule has 0 saturated heterocycles. The van der Waals surface area contributed by atoms with Crippen LogP contribution in [-0.2, 0) is 0 Å². The van der Waals surface area contributed by atoms with E-state index < -0.39 is 0 Å². The number of nitrogens with one attached hydrogen (secondary N) is 2. The van der Waals surface area contributed by atoms with Crippen molar-refractivity contribution < 1.29 is 13.9 Å². The maximum atomic E-state index is 13.6. The Morgan fingerprint density at radius 1 is 1.46 bits per heavy atom. The van der Waals surface area contributed by atoms with Gasteiger partial charge in [0.1, 0.15) is 11.6 Å². The van der Waals surface area contributed by atoms with Crippen LogP contribution in [0.3, 0.4) is 0 Å². The molecule has 4 nitrogen and oxygen atoms in total. The van der Waals surface area contributed by atoms with Crippen molar-refractivity contribution in [2.75, 3.05) is 6.61 Å². The Bertz CT molecular complexity index is 690. The SMILES string of the molecule is CC[C@@H](NC(=O)N[C@@H]1CCCOc2ccc(F)cc21)c1cccs1. The molecule has 2 aromatic rings. The molecule has 0 radical (unpaired) electrons. The maximum absolute atomic E-state index is 13.6. The van der Waals surface area contributed by atoms with Crippen LogP contribution in [0.2, 0.25) is 0 Å². The Hall–Kier alpha value is -2.08. The van der Waals surface area contributed by atoms with E-state index in [2.05, 4.69) is 10.6 Å². The fourth-order valence-electron chi connectivity index (χ4n) is 2.92. The van der Waals surface area contributed by atoms with Gasteiger partial charge in [0.05, 0.1) is 18.7 Å². The van der Waals surface area contributed by atoms with Gasteiger partial charge in [-0.15, -0.1) is 11.3 Å². The molecule has 128 valence electrons. The number of carbonyl (C=O) groups excluding carboxylic acids is 1. The lowest BCUT2D eigenvalue weighted by Gasteiger charge is -2.21. The fraction of sp³-hybridized carbons (Fsp3) is 0.389. The van der Waals surface area contributed by atoms with Crippen molar-refractivity contribution in [3.63, 3.8) is 0 Å². The Kier molecular flexibility index (Phi) is 5.35. The van der Waals surface area contributed by atoms with E-state index >= 15 is 0 Å². The largest absolute Gasteiger partial charge is 0.493 e. The molecule has 3 rings (SSSR count). The van der Waals surface area contributed by atoms with Gasteiger partial charge in [0.15, 0.2) is 0 Å². The van der Waals surface area contributed by atoms with Crippen molar-refractivity contribution in [2.45, 2.75) is 38.3 Å². The molecule has 6 heteroatoms. The summed E-state index contributed by atoms with van der Waals surface area (Å²) in [5.41, 5.74) is 0.701. The van der Waals surface area contributed by atoms with Gasteiger partial charge in [-0.3, -0.25) is 0 Å². The average Bonchev–Trinajstić information content (AvgIpc) is 3.04. The van der Waals surface area contributed by atoms with Gasteiger partial charge in [0, 0.05) is 10.4 Å². The predicted octanol–water partition coefficient (Wildman–Crippen LogP) is 4.55. The summed E-state index contributed by atoms with van der Waals surface area (Å²) in [6.45, 7) is 2.61. The number of rotatable bonds is 4. The number of ether oxygens (including phenoxy) is 1. The highest BCUT2D eigenvalue weighted by molar-refractivity contribution is 7.10. The monoisotopic (exact) mass is 348 g/mol. The van der Waals surface area contributed by atoms with Gasteiger partial charge in [-0.25, -0.2) is 9.18 Å². The summed E-state index contributed by atoms with van der Waals surface area (Å²) in [6, 6.07) is 7.94. The third-order valence-corrected chi connectivity index (χ3v) is 5.13. The van der Waals surface area contributed by atoms with Crippen LogP contribution in [0.1, 0.15) is 48.7 Å². The molecule has 2 amide bonds. The van der Waals surface area contributed by atoms with E-state index in [1.165, 1.54) is 12.1 Å². The zero-order chi connectivity index (χ0) is 16.9. The molecule has 0 fully saturated rings. The van der Waals surface area contributed by atoms with E-state index in [-0.39, 0.29) is 23.9 Å². The molecule has 2 atom stereocenters. The summed E-state index contributed by atoms with van der Waals surface area (Å²) in [5, 5.41) is 7.98. The smallest absolute Gasteiger partial charge is 0.315 e. The number of benzene rings is 1. The maximum Gasteiger partial charge on any atom is 0.315 e. The third-order valence-electron chi connectivity index (χ3n) is 4.15. The van der Waals surface area contributed by atoms with Crippen molar-refractivity contribution in [2.24, 2.45) is 0 Å². The van der Waals surface area contributed by atoms with E-state index in [9.17, 15) is 9.18 Å². The van der Waals surface area contributed by atoms with Gasteiger partial charge in [-0.1, -0.05) is 13.0 Å². The van der Waals surface area contributed by atoms with Crippen molar-refractivity contribution >= 4 is 17.4 Å². The molecule has 0 unspecified atom stereocenters. The van der Waals surface area contributed by atoms with Crippen molar-refractivity contribution in [1.82, 2.24) is 10.6 Å². The van der Waals surface area contributed by atoms with Crippen LogP contribution in [0.4, 0.5) is 9.18 Å². The van der Waals surface area contributed by atoms with Crippen LogP contribution in [0, 0.1) is 5.82 Å². The number of fused-ring (bicyclic) bond motifs is 1. The van der Waals surface area contributed by atoms with Crippen LogP contribution in [0.25, 0.3) is 0 Å². The summed E-state index contributed by atoms with van der Waals surface area (Å²) < 4.78 is 19.2. The fourth-order valence-corrected chi connectivity index (χ4v) is 3.78. The summed E-state index contributed by atoms with van der Waals surface area (Å²) in [6.07, 6.45) is 2.34. The molecule has 0 aliphatic carbocycles. The summed E-state index contributed by atoms with van der Waals surface area (Å²) >= 11 is 1.63. The normalized spacial score (nSPS) is 18.0. The summed E-state index contributed by atoms with van der Waals surface area (Å²) in [7, 11) is 0. The highest BCUT2D eigenvalue weighted by Crippen LogP contribution is 2.32. The lowest BCUT2D eigenvalue weighted by atomic mass is 10.0. The van der Waals surface area contributed by atoms with E-state index in [1.807, 2.05) is 24.4 Å². The molecule has 1 aliphatic heterocycles. The van der Waals surface area contributed by atoms with Gasteiger partial charge >= 0.3 is 6.03 Å². The second kappa shape index (κ2) is 7.66. The van der Waals surface area contributed by atoms with E-state index in [1.54, 1.807) is 17.4 Å². The minimum Gasteiger partial charge on any atom is -0.493 e. The first-order valence-electron chi connectivity index (χ1n) is 8.20. The molecule has 1 aromatic carbocycles. The molecule has 24 heavy (non-hydrogen) atoms. The lowest BCUT2D eigenvalue weighted by Crippen LogP contribution is -2.39.